The number of hydrogen-bond donors (Lipinski definition) is 1. The Morgan fingerprint density at radius 1 is 1.14 bits per heavy atom. The molecule has 0 rings (SSSR count). The van der Waals surface area contributed by atoms with Gasteiger partial charge >= 0.3 is 0 Å². The zero-order chi connectivity index (χ0) is 11.0. The molecule has 1 N–H and O–H groups in total. The van der Waals surface area contributed by atoms with Crippen LogP contribution in [-0.2, 0) is 9.53 Å². The van der Waals surface area contributed by atoms with E-state index in [1.807, 2.05) is 0 Å². The van der Waals surface area contributed by atoms with Crippen molar-refractivity contribution in [1.29, 1.82) is 0 Å². The molecule has 0 saturated carbocycles. The molecule has 0 aromatic heterocycles. The molecule has 0 aliphatic heterocycles. The van der Waals surface area contributed by atoms with Gasteiger partial charge in [-0.25, -0.2) is 0 Å². The molecule has 0 aliphatic carbocycles. The van der Waals surface area contributed by atoms with E-state index >= 15 is 0 Å². The molecular formula is C11H23NO2. The summed E-state index contributed by atoms with van der Waals surface area (Å²) in [6, 6.07) is 0.159. The molecule has 0 heterocycles. The molecule has 0 aromatic carbocycles. The zero-order valence-electron chi connectivity index (χ0n) is 9.75. The Morgan fingerprint density at radius 3 is 2.21 bits per heavy atom. The van der Waals surface area contributed by atoms with Gasteiger partial charge in [0.1, 0.15) is 0 Å². The van der Waals surface area contributed by atoms with Crippen LogP contribution in [0, 0.1) is 11.8 Å². The second kappa shape index (κ2) is 7.80. The Labute approximate surface area is 87.2 Å². The first-order chi connectivity index (χ1) is 6.56. The number of ether oxygens (including phenoxy) is 1. The van der Waals surface area contributed by atoms with Crippen LogP contribution in [0.2, 0.25) is 0 Å². The van der Waals surface area contributed by atoms with Gasteiger partial charge in [-0.1, -0.05) is 27.7 Å². The highest BCUT2D eigenvalue weighted by molar-refractivity contribution is 5.46. The molecule has 0 aliphatic rings. The second-order valence-electron chi connectivity index (χ2n) is 4.54. The van der Waals surface area contributed by atoms with Crippen LogP contribution in [-0.4, -0.2) is 25.7 Å². The Hall–Kier alpha value is -0.570. The lowest BCUT2D eigenvalue weighted by Crippen LogP contribution is -2.34. The van der Waals surface area contributed by atoms with E-state index in [-0.39, 0.29) is 6.04 Å². The van der Waals surface area contributed by atoms with Gasteiger partial charge in [0.15, 0.2) is 0 Å². The highest BCUT2D eigenvalue weighted by Crippen LogP contribution is 2.05. The number of nitrogens with one attached hydrogen (secondary N) is 1. The van der Waals surface area contributed by atoms with Gasteiger partial charge in [-0.05, 0) is 18.3 Å². The maximum atomic E-state index is 10.3. The monoisotopic (exact) mass is 201 g/mol. The Morgan fingerprint density at radius 2 is 1.79 bits per heavy atom. The molecule has 3 nitrogen and oxygen atoms in total. The van der Waals surface area contributed by atoms with Crippen molar-refractivity contribution in [2.75, 3.05) is 13.2 Å². The Bertz CT molecular complexity index is 146. The van der Waals surface area contributed by atoms with Crippen molar-refractivity contribution in [3.8, 4) is 0 Å². The van der Waals surface area contributed by atoms with E-state index in [0.717, 1.165) is 19.4 Å². The summed E-state index contributed by atoms with van der Waals surface area (Å²) >= 11 is 0. The standard InChI is InChI=1S/C11H23NO2/c1-9(2)5-11(12-8-13)7-14-6-10(3)4/h8-11H,5-7H2,1-4H3,(H,12,13)/t11-/m0/s1. The van der Waals surface area contributed by atoms with E-state index in [0.29, 0.717) is 18.4 Å². The lowest BCUT2D eigenvalue weighted by atomic mass is 10.0. The van der Waals surface area contributed by atoms with E-state index in [2.05, 4.69) is 33.0 Å². The van der Waals surface area contributed by atoms with Gasteiger partial charge in [-0.3, -0.25) is 4.79 Å². The minimum absolute atomic E-state index is 0.159. The predicted molar refractivity (Wildman–Crippen MR) is 58.1 cm³/mol. The molecule has 0 bridgehead atoms. The van der Waals surface area contributed by atoms with Crippen molar-refractivity contribution in [3.63, 3.8) is 0 Å². The molecule has 0 saturated heterocycles. The smallest absolute Gasteiger partial charge is 0.207 e. The van der Waals surface area contributed by atoms with Crippen LogP contribution < -0.4 is 5.32 Å². The Balaban J connectivity index is 3.66. The molecule has 0 radical (unpaired) electrons. The number of carbonyl (C=O) groups is 1. The third-order valence-corrected chi connectivity index (χ3v) is 1.83. The maximum absolute atomic E-state index is 10.3. The molecule has 14 heavy (non-hydrogen) atoms. The normalized spacial score (nSPS) is 13.3. The van der Waals surface area contributed by atoms with Crippen molar-refractivity contribution < 1.29 is 9.53 Å². The van der Waals surface area contributed by atoms with E-state index < -0.39 is 0 Å². The SMILES string of the molecule is CC(C)COC[C@H](CC(C)C)NC=O. The topological polar surface area (TPSA) is 38.3 Å². The minimum atomic E-state index is 0.159. The molecule has 0 spiro atoms. The number of hydrogen-bond acceptors (Lipinski definition) is 2. The van der Waals surface area contributed by atoms with Crippen LogP contribution >= 0.6 is 0 Å². The van der Waals surface area contributed by atoms with Crippen LogP contribution in [0.15, 0.2) is 0 Å². The Kier molecular flexibility index (Phi) is 7.48. The largest absolute Gasteiger partial charge is 0.379 e. The molecule has 1 atom stereocenters. The fraction of sp³-hybridized carbons (Fsp3) is 0.909. The molecule has 3 heteroatoms. The third kappa shape index (κ3) is 8.05. The summed E-state index contributed by atoms with van der Waals surface area (Å²) in [5.41, 5.74) is 0. The first kappa shape index (κ1) is 13.4. The summed E-state index contributed by atoms with van der Waals surface area (Å²) in [6.45, 7) is 9.89. The summed E-state index contributed by atoms with van der Waals surface area (Å²) in [4.78, 5) is 10.3. The van der Waals surface area contributed by atoms with E-state index in [1.54, 1.807) is 0 Å². The maximum Gasteiger partial charge on any atom is 0.207 e. The summed E-state index contributed by atoms with van der Waals surface area (Å²) in [5.74, 6) is 1.13. The molecular weight excluding hydrogens is 178 g/mol. The summed E-state index contributed by atoms with van der Waals surface area (Å²) in [5, 5.41) is 2.78. The van der Waals surface area contributed by atoms with Crippen LogP contribution in [0.4, 0.5) is 0 Å². The van der Waals surface area contributed by atoms with E-state index in [9.17, 15) is 4.79 Å². The third-order valence-electron chi connectivity index (χ3n) is 1.83. The summed E-state index contributed by atoms with van der Waals surface area (Å²) in [7, 11) is 0. The van der Waals surface area contributed by atoms with Crippen molar-refractivity contribution in [3.05, 3.63) is 0 Å². The van der Waals surface area contributed by atoms with E-state index in [4.69, 9.17) is 4.74 Å². The summed E-state index contributed by atoms with van der Waals surface area (Å²) < 4.78 is 5.49. The summed E-state index contributed by atoms with van der Waals surface area (Å²) in [6.07, 6.45) is 1.72. The van der Waals surface area contributed by atoms with E-state index in [1.165, 1.54) is 0 Å². The first-order valence-electron chi connectivity index (χ1n) is 5.33. The van der Waals surface area contributed by atoms with Crippen LogP contribution in [0.1, 0.15) is 34.1 Å². The van der Waals surface area contributed by atoms with Crippen molar-refractivity contribution in [1.82, 2.24) is 5.32 Å². The minimum Gasteiger partial charge on any atom is -0.379 e. The van der Waals surface area contributed by atoms with Crippen LogP contribution in [0.3, 0.4) is 0 Å². The molecule has 0 unspecified atom stereocenters. The molecule has 0 aromatic rings. The van der Waals surface area contributed by atoms with Gasteiger partial charge in [0, 0.05) is 6.61 Å². The fourth-order valence-electron chi connectivity index (χ4n) is 1.30. The number of rotatable bonds is 8. The average molecular weight is 201 g/mol. The van der Waals surface area contributed by atoms with Gasteiger partial charge in [-0.2, -0.15) is 0 Å². The highest BCUT2D eigenvalue weighted by Gasteiger charge is 2.09. The quantitative estimate of drug-likeness (QED) is 0.608. The lowest BCUT2D eigenvalue weighted by Gasteiger charge is -2.18. The van der Waals surface area contributed by atoms with Gasteiger partial charge in [0.25, 0.3) is 0 Å². The molecule has 84 valence electrons. The van der Waals surface area contributed by atoms with Gasteiger partial charge in [-0.15, -0.1) is 0 Å². The fourth-order valence-corrected chi connectivity index (χ4v) is 1.30. The zero-order valence-corrected chi connectivity index (χ0v) is 9.75. The molecule has 0 fully saturated rings. The average Bonchev–Trinajstić information content (AvgIpc) is 2.02. The van der Waals surface area contributed by atoms with Crippen LogP contribution in [0.25, 0.3) is 0 Å². The highest BCUT2D eigenvalue weighted by atomic mass is 16.5. The van der Waals surface area contributed by atoms with Crippen molar-refractivity contribution in [2.45, 2.75) is 40.2 Å². The second-order valence-corrected chi connectivity index (χ2v) is 4.54. The van der Waals surface area contributed by atoms with Gasteiger partial charge in [0.05, 0.1) is 12.6 Å². The van der Waals surface area contributed by atoms with Crippen molar-refractivity contribution >= 4 is 6.41 Å². The van der Waals surface area contributed by atoms with Crippen LogP contribution in [0.5, 0.6) is 0 Å². The number of carbonyl (C=O) groups excluding carboxylic acids is 1. The van der Waals surface area contributed by atoms with Gasteiger partial charge in [0.2, 0.25) is 6.41 Å². The number of amides is 1. The first-order valence-corrected chi connectivity index (χ1v) is 5.33. The predicted octanol–water partition coefficient (Wildman–Crippen LogP) is 1.82. The lowest BCUT2D eigenvalue weighted by molar-refractivity contribution is -0.110. The van der Waals surface area contributed by atoms with Gasteiger partial charge < -0.3 is 10.1 Å². The molecule has 1 amide bonds. The van der Waals surface area contributed by atoms with Crippen molar-refractivity contribution in [2.24, 2.45) is 11.8 Å².